The number of unbranched alkanes of at least 4 members (excludes halogenated alkanes) is 2. The molecule has 0 heterocycles. The Bertz CT molecular complexity index is 73.7. The Morgan fingerprint density at radius 2 is 2.30 bits per heavy atom. The largest absolute Gasteiger partial charge is 0.468 e. The molecular weight excluding hydrogens is 156 g/mol. The highest BCUT2D eigenvalue weighted by atomic mass is 28.3. The zero-order valence-corrected chi connectivity index (χ0v) is 10.5. The molecule has 0 unspecified atom stereocenters. The Morgan fingerprint density at radius 3 is 2.90 bits per heavy atom. The first kappa shape index (κ1) is 10.1. The van der Waals surface area contributed by atoms with Crippen molar-refractivity contribution in [2.24, 2.45) is 0 Å². The van der Waals surface area contributed by atoms with Crippen LogP contribution in [0.2, 0.25) is 6.04 Å². The van der Waals surface area contributed by atoms with Gasteiger partial charge in [-0.15, -0.1) is 0 Å². The fourth-order valence-electron chi connectivity index (χ4n) is 0.744. The lowest BCUT2D eigenvalue weighted by molar-refractivity contribution is 0.665. The van der Waals surface area contributed by atoms with Crippen LogP contribution in [-0.4, -0.2) is 20.2 Å². The average Bonchev–Trinajstić information content (AvgIpc) is 1.97. The molecule has 0 aliphatic rings. The second-order valence-electron chi connectivity index (χ2n) is 2.40. The zero-order chi connectivity index (χ0) is 7.66. The lowest BCUT2D eigenvalue weighted by atomic mass is 10.2. The van der Waals surface area contributed by atoms with E-state index in [0.29, 0.717) is 0 Å². The van der Waals surface area contributed by atoms with E-state index >= 15 is 0 Å². The fourth-order valence-corrected chi connectivity index (χ4v) is 2.06. The van der Waals surface area contributed by atoms with Crippen molar-refractivity contribution in [1.29, 1.82) is 0 Å². The van der Waals surface area contributed by atoms with Gasteiger partial charge in [-0.05, 0) is 12.5 Å². The van der Waals surface area contributed by atoms with Gasteiger partial charge in [0.05, 0.1) is 0 Å². The van der Waals surface area contributed by atoms with Crippen molar-refractivity contribution < 1.29 is 4.12 Å². The molecule has 60 valence electrons. The Kier molecular flexibility index (Phi) is 9.26. The number of hydrogen-bond acceptors (Lipinski definition) is 1. The van der Waals surface area contributed by atoms with Gasteiger partial charge in [0.25, 0.3) is 0 Å². The fraction of sp³-hybridized carbons (Fsp3) is 0.714. The number of allylic oxidation sites excluding steroid dienone is 2. The van der Waals surface area contributed by atoms with E-state index in [1.54, 1.807) is 0 Å². The third-order valence-corrected chi connectivity index (χ3v) is 3.58. The van der Waals surface area contributed by atoms with Crippen molar-refractivity contribution >= 4 is 20.2 Å². The standard InChI is InChI=1S/C7H18OSi2/c1-2-3-4-5-6-7-10-8-9/h5-6H,2-4,7,10H2,1,9H3/b6-5+. The molecule has 0 aromatic heterocycles. The molecule has 0 fully saturated rings. The van der Waals surface area contributed by atoms with E-state index in [0.717, 1.165) is 10.5 Å². The van der Waals surface area contributed by atoms with Crippen LogP contribution in [0.4, 0.5) is 0 Å². The van der Waals surface area contributed by atoms with E-state index in [9.17, 15) is 0 Å². The monoisotopic (exact) mass is 174 g/mol. The summed E-state index contributed by atoms with van der Waals surface area (Å²) in [6, 6.07) is 1.23. The molecule has 0 saturated heterocycles. The molecule has 0 amide bonds. The molecular formula is C7H18OSi2. The highest BCUT2D eigenvalue weighted by Crippen LogP contribution is 1.95. The molecule has 0 radical (unpaired) electrons. The summed E-state index contributed by atoms with van der Waals surface area (Å²) >= 11 is 0. The van der Waals surface area contributed by atoms with Crippen LogP contribution in [-0.2, 0) is 4.12 Å². The second-order valence-corrected chi connectivity index (χ2v) is 5.69. The van der Waals surface area contributed by atoms with Crippen molar-refractivity contribution in [3.8, 4) is 0 Å². The minimum atomic E-state index is -0.138. The molecule has 0 aromatic rings. The summed E-state index contributed by atoms with van der Waals surface area (Å²) in [4.78, 5) is 0. The predicted octanol–water partition coefficient (Wildman–Crippen LogP) is 0.532. The SMILES string of the molecule is CCCC/C=C/C[SiH2]O[SiH3]. The molecule has 0 aliphatic carbocycles. The van der Waals surface area contributed by atoms with Crippen LogP contribution >= 0.6 is 0 Å². The quantitative estimate of drug-likeness (QED) is 0.324. The molecule has 1 nitrogen and oxygen atoms in total. The highest BCUT2D eigenvalue weighted by Gasteiger charge is 1.79. The first-order chi connectivity index (χ1) is 4.91. The molecule has 0 aromatic carbocycles. The van der Waals surface area contributed by atoms with Crippen molar-refractivity contribution in [3.05, 3.63) is 12.2 Å². The van der Waals surface area contributed by atoms with Crippen molar-refractivity contribution in [2.75, 3.05) is 0 Å². The van der Waals surface area contributed by atoms with Gasteiger partial charge >= 0.3 is 0 Å². The van der Waals surface area contributed by atoms with Gasteiger partial charge in [-0.25, -0.2) is 0 Å². The van der Waals surface area contributed by atoms with E-state index in [1.165, 1.54) is 25.3 Å². The van der Waals surface area contributed by atoms with E-state index in [1.807, 2.05) is 0 Å². The van der Waals surface area contributed by atoms with Crippen LogP contribution in [0.15, 0.2) is 12.2 Å². The van der Waals surface area contributed by atoms with Crippen LogP contribution in [0, 0.1) is 0 Å². The summed E-state index contributed by atoms with van der Waals surface area (Å²) in [7, 11) is 0.799. The summed E-state index contributed by atoms with van der Waals surface area (Å²) in [5.74, 6) is 0. The van der Waals surface area contributed by atoms with Gasteiger partial charge in [-0.2, -0.15) is 0 Å². The summed E-state index contributed by atoms with van der Waals surface area (Å²) in [5, 5.41) is 0. The van der Waals surface area contributed by atoms with Gasteiger partial charge in [-0.1, -0.05) is 31.9 Å². The van der Waals surface area contributed by atoms with Crippen LogP contribution in [0.1, 0.15) is 26.2 Å². The highest BCUT2D eigenvalue weighted by molar-refractivity contribution is 6.34. The number of rotatable bonds is 6. The first-order valence-electron chi connectivity index (χ1n) is 4.05. The predicted molar refractivity (Wildman–Crippen MR) is 53.0 cm³/mol. The third-order valence-electron chi connectivity index (χ3n) is 1.38. The topological polar surface area (TPSA) is 9.23 Å². The minimum Gasteiger partial charge on any atom is -0.468 e. The molecule has 0 aliphatic heterocycles. The van der Waals surface area contributed by atoms with E-state index in [2.05, 4.69) is 19.1 Å². The van der Waals surface area contributed by atoms with Gasteiger partial charge in [0.2, 0.25) is 0 Å². The second kappa shape index (κ2) is 9.13. The van der Waals surface area contributed by atoms with Crippen LogP contribution in [0.25, 0.3) is 0 Å². The maximum atomic E-state index is 5.17. The Balaban J connectivity index is 2.89. The summed E-state index contributed by atoms with van der Waals surface area (Å²) in [6.45, 7) is 2.23. The maximum Gasteiger partial charge on any atom is 0.149 e. The first-order valence-corrected chi connectivity index (χ1v) is 6.45. The Labute approximate surface area is 69.3 Å². The maximum absolute atomic E-state index is 5.17. The van der Waals surface area contributed by atoms with Crippen LogP contribution in [0.5, 0.6) is 0 Å². The van der Waals surface area contributed by atoms with E-state index < -0.39 is 0 Å². The van der Waals surface area contributed by atoms with Crippen molar-refractivity contribution in [1.82, 2.24) is 0 Å². The molecule has 10 heavy (non-hydrogen) atoms. The Morgan fingerprint density at radius 1 is 1.50 bits per heavy atom. The lowest BCUT2D eigenvalue weighted by Gasteiger charge is -1.90. The number of hydrogen-bond donors (Lipinski definition) is 0. The van der Waals surface area contributed by atoms with Crippen molar-refractivity contribution in [3.63, 3.8) is 0 Å². The van der Waals surface area contributed by atoms with E-state index in [-0.39, 0.29) is 9.76 Å². The molecule has 3 heteroatoms. The molecule has 0 saturated carbocycles. The summed E-state index contributed by atoms with van der Waals surface area (Å²) in [5.41, 5.74) is 0. The van der Waals surface area contributed by atoms with Crippen molar-refractivity contribution in [2.45, 2.75) is 32.2 Å². The third kappa shape index (κ3) is 8.13. The molecule has 0 bridgehead atoms. The van der Waals surface area contributed by atoms with Gasteiger partial charge in [0.15, 0.2) is 0 Å². The van der Waals surface area contributed by atoms with E-state index in [4.69, 9.17) is 4.12 Å². The zero-order valence-electron chi connectivity index (χ0n) is 7.10. The average molecular weight is 174 g/mol. The molecule has 0 rings (SSSR count). The van der Waals surface area contributed by atoms with Crippen LogP contribution in [0.3, 0.4) is 0 Å². The molecule has 0 spiro atoms. The molecule has 0 atom stereocenters. The van der Waals surface area contributed by atoms with Gasteiger partial charge in [0, 0.05) is 0 Å². The van der Waals surface area contributed by atoms with Gasteiger partial charge in [0.1, 0.15) is 20.2 Å². The van der Waals surface area contributed by atoms with Gasteiger partial charge in [-0.3, -0.25) is 0 Å². The van der Waals surface area contributed by atoms with Gasteiger partial charge < -0.3 is 4.12 Å². The lowest BCUT2D eigenvalue weighted by Crippen LogP contribution is -1.90. The normalized spacial score (nSPS) is 12.5. The summed E-state index contributed by atoms with van der Waals surface area (Å²) < 4.78 is 5.17. The smallest absolute Gasteiger partial charge is 0.149 e. The van der Waals surface area contributed by atoms with Crippen LogP contribution < -0.4 is 0 Å². The summed E-state index contributed by atoms with van der Waals surface area (Å²) in [6.07, 6.45) is 8.46. The minimum absolute atomic E-state index is 0.138. The Hall–Kier alpha value is 0.134. The molecule has 0 N–H and O–H groups in total.